The molecule has 6 heteroatoms. The number of halogens is 2. The normalized spacial score (nSPS) is 10.3. The maximum atomic E-state index is 12.0. The summed E-state index contributed by atoms with van der Waals surface area (Å²) in [5.41, 5.74) is 2.19. The summed E-state index contributed by atoms with van der Waals surface area (Å²) in [6.45, 7) is 2.50. The number of nitrogens with one attached hydrogen (secondary N) is 1. The second kappa shape index (κ2) is 7.11. The molecule has 1 amide bonds. The first kappa shape index (κ1) is 15.4. The van der Waals surface area contributed by atoms with E-state index in [1.165, 1.54) is 11.3 Å². The van der Waals surface area contributed by atoms with E-state index in [1.54, 1.807) is 17.5 Å². The summed E-state index contributed by atoms with van der Waals surface area (Å²) in [5.74, 6) is 0.943. The molecule has 2 aromatic rings. The lowest BCUT2D eigenvalue weighted by Crippen LogP contribution is -2.11. The number of carbonyl (C=O) groups excluding carboxylic acids is 1. The van der Waals surface area contributed by atoms with Crippen LogP contribution in [-0.4, -0.2) is 12.5 Å². The first-order chi connectivity index (χ1) is 9.63. The molecule has 0 bridgehead atoms. The molecule has 3 nitrogen and oxygen atoms in total. The van der Waals surface area contributed by atoms with Gasteiger partial charge in [-0.1, -0.05) is 0 Å². The molecule has 1 aromatic heterocycles. The topological polar surface area (TPSA) is 38.3 Å². The molecule has 0 aliphatic rings. The zero-order valence-electron chi connectivity index (χ0n) is 10.8. The third kappa shape index (κ3) is 3.75. The van der Waals surface area contributed by atoms with E-state index in [1.807, 2.05) is 19.1 Å². The molecule has 1 N–H and O–H groups in total. The van der Waals surface area contributed by atoms with Crippen molar-refractivity contribution in [3.63, 3.8) is 0 Å². The lowest BCUT2D eigenvalue weighted by molar-refractivity contribution is 0.102. The smallest absolute Gasteiger partial charge is 0.256 e. The zero-order valence-corrected chi connectivity index (χ0v) is 13.9. The zero-order chi connectivity index (χ0) is 14.5. The van der Waals surface area contributed by atoms with Crippen molar-refractivity contribution >= 4 is 50.5 Å². The summed E-state index contributed by atoms with van der Waals surface area (Å²) in [6, 6.07) is 7.25. The van der Waals surface area contributed by atoms with Crippen LogP contribution in [0.1, 0.15) is 22.8 Å². The highest BCUT2D eigenvalue weighted by Gasteiger charge is 2.10. The van der Waals surface area contributed by atoms with Crippen molar-refractivity contribution in [3.8, 4) is 5.75 Å². The predicted molar refractivity (Wildman–Crippen MR) is 87.1 cm³/mol. The molecular weight excluding hydrogens is 362 g/mol. The van der Waals surface area contributed by atoms with Crippen LogP contribution in [0.3, 0.4) is 0 Å². The number of thiophene rings is 1. The number of hydrogen-bond acceptors (Lipinski definition) is 3. The van der Waals surface area contributed by atoms with Crippen LogP contribution in [0.5, 0.6) is 5.75 Å². The highest BCUT2D eigenvalue weighted by Crippen LogP contribution is 2.26. The van der Waals surface area contributed by atoms with Crippen LogP contribution < -0.4 is 10.1 Å². The van der Waals surface area contributed by atoms with Crippen LogP contribution in [0.25, 0.3) is 0 Å². The van der Waals surface area contributed by atoms with Crippen molar-refractivity contribution in [1.82, 2.24) is 0 Å². The van der Waals surface area contributed by atoms with Gasteiger partial charge in [0.1, 0.15) is 5.75 Å². The monoisotopic (exact) mass is 373 g/mol. The molecule has 1 heterocycles. The van der Waals surface area contributed by atoms with Gasteiger partial charge in [-0.15, -0.1) is 22.9 Å². The molecule has 0 saturated carbocycles. The Morgan fingerprint density at radius 1 is 1.45 bits per heavy atom. The van der Waals surface area contributed by atoms with Crippen LogP contribution in [0.15, 0.2) is 33.4 Å². The van der Waals surface area contributed by atoms with Gasteiger partial charge in [0, 0.05) is 16.6 Å². The number of ether oxygens (including phenoxy) is 1. The number of alkyl halides is 1. The number of benzene rings is 1. The van der Waals surface area contributed by atoms with Gasteiger partial charge in [0.2, 0.25) is 0 Å². The minimum absolute atomic E-state index is 0.142. The summed E-state index contributed by atoms with van der Waals surface area (Å²) in [5, 5.41) is 4.65. The molecule has 0 saturated heterocycles. The van der Waals surface area contributed by atoms with Gasteiger partial charge in [-0.25, -0.2) is 0 Å². The molecule has 1 aromatic carbocycles. The molecule has 0 aliphatic carbocycles. The second-order valence-corrected chi connectivity index (χ2v) is 6.54. The van der Waals surface area contributed by atoms with Gasteiger partial charge < -0.3 is 10.1 Å². The van der Waals surface area contributed by atoms with Gasteiger partial charge in [-0.05, 0) is 47.1 Å². The van der Waals surface area contributed by atoms with E-state index in [0.29, 0.717) is 23.7 Å². The summed E-state index contributed by atoms with van der Waals surface area (Å²) < 4.78 is 6.40. The van der Waals surface area contributed by atoms with E-state index < -0.39 is 0 Å². The van der Waals surface area contributed by atoms with Crippen LogP contribution in [-0.2, 0) is 5.88 Å². The van der Waals surface area contributed by atoms with Crippen molar-refractivity contribution in [3.05, 3.63) is 44.6 Å². The Morgan fingerprint density at radius 2 is 2.25 bits per heavy atom. The van der Waals surface area contributed by atoms with Gasteiger partial charge in [0.15, 0.2) is 0 Å². The molecule has 2 rings (SSSR count). The van der Waals surface area contributed by atoms with E-state index >= 15 is 0 Å². The molecule has 0 fully saturated rings. The van der Waals surface area contributed by atoms with E-state index in [4.69, 9.17) is 16.3 Å². The van der Waals surface area contributed by atoms with Gasteiger partial charge >= 0.3 is 0 Å². The lowest BCUT2D eigenvalue weighted by atomic mass is 10.2. The van der Waals surface area contributed by atoms with Crippen molar-refractivity contribution in [2.75, 3.05) is 11.9 Å². The number of anilines is 1. The van der Waals surface area contributed by atoms with Crippen molar-refractivity contribution in [1.29, 1.82) is 0 Å². The maximum Gasteiger partial charge on any atom is 0.256 e. The number of rotatable bonds is 5. The third-order valence-electron chi connectivity index (χ3n) is 2.59. The van der Waals surface area contributed by atoms with E-state index in [0.717, 1.165) is 15.1 Å². The van der Waals surface area contributed by atoms with Crippen LogP contribution in [0.2, 0.25) is 0 Å². The standard InChI is InChI=1S/C14H13BrClNO2S/c1-2-19-12-4-3-11(5-9(12)7-16)17-14(18)10-6-13(15)20-8-10/h3-6,8H,2,7H2,1H3,(H,17,18). The molecule has 0 spiro atoms. The number of amides is 1. The highest BCUT2D eigenvalue weighted by atomic mass is 79.9. The average Bonchev–Trinajstić information content (AvgIpc) is 2.87. The highest BCUT2D eigenvalue weighted by molar-refractivity contribution is 9.11. The fraction of sp³-hybridized carbons (Fsp3) is 0.214. The van der Waals surface area contributed by atoms with Gasteiger partial charge in [-0.2, -0.15) is 0 Å². The quantitative estimate of drug-likeness (QED) is 0.756. The minimum Gasteiger partial charge on any atom is -0.494 e. The fourth-order valence-electron chi connectivity index (χ4n) is 1.69. The summed E-state index contributed by atoms with van der Waals surface area (Å²) in [6.07, 6.45) is 0. The lowest BCUT2D eigenvalue weighted by Gasteiger charge is -2.11. The van der Waals surface area contributed by atoms with Gasteiger partial charge in [-0.3, -0.25) is 4.79 Å². The molecule has 0 radical (unpaired) electrons. The average molecular weight is 375 g/mol. The molecule has 20 heavy (non-hydrogen) atoms. The summed E-state index contributed by atoms with van der Waals surface area (Å²) in [4.78, 5) is 12.0. The van der Waals surface area contributed by atoms with E-state index in [9.17, 15) is 4.79 Å². The molecule has 0 aliphatic heterocycles. The van der Waals surface area contributed by atoms with Gasteiger partial charge in [0.25, 0.3) is 5.91 Å². The summed E-state index contributed by atoms with van der Waals surface area (Å²) >= 11 is 10.7. The van der Waals surface area contributed by atoms with Gasteiger partial charge in [0.05, 0.1) is 21.8 Å². The third-order valence-corrected chi connectivity index (χ3v) is 4.38. The fourth-order valence-corrected chi connectivity index (χ4v) is 3.04. The first-order valence-corrected chi connectivity index (χ1v) is 8.21. The number of carbonyl (C=O) groups is 1. The first-order valence-electron chi connectivity index (χ1n) is 6.01. The SMILES string of the molecule is CCOc1ccc(NC(=O)c2csc(Br)c2)cc1CCl. The largest absolute Gasteiger partial charge is 0.494 e. The Balaban J connectivity index is 2.15. The van der Waals surface area contributed by atoms with E-state index in [2.05, 4.69) is 21.2 Å². The predicted octanol–water partition coefficient (Wildman–Crippen LogP) is 4.90. The Morgan fingerprint density at radius 3 is 2.85 bits per heavy atom. The van der Waals surface area contributed by atoms with E-state index in [-0.39, 0.29) is 5.91 Å². The Bertz CT molecular complexity index is 615. The summed E-state index contributed by atoms with van der Waals surface area (Å²) in [7, 11) is 0. The number of hydrogen-bond donors (Lipinski definition) is 1. The molecule has 106 valence electrons. The van der Waals surface area contributed by atoms with Crippen LogP contribution in [0, 0.1) is 0 Å². The van der Waals surface area contributed by atoms with Crippen molar-refractivity contribution in [2.45, 2.75) is 12.8 Å². The van der Waals surface area contributed by atoms with Crippen molar-refractivity contribution in [2.24, 2.45) is 0 Å². The van der Waals surface area contributed by atoms with Crippen LogP contribution >= 0.6 is 38.9 Å². The Labute approximate surface area is 135 Å². The Hall–Kier alpha value is -1.04. The van der Waals surface area contributed by atoms with Crippen LogP contribution in [0.4, 0.5) is 5.69 Å². The minimum atomic E-state index is -0.142. The maximum absolute atomic E-state index is 12.0. The second-order valence-electron chi connectivity index (χ2n) is 3.98. The van der Waals surface area contributed by atoms with Crippen molar-refractivity contribution < 1.29 is 9.53 Å². The molecular formula is C14H13BrClNO2S. The molecule has 0 unspecified atom stereocenters. The molecule has 0 atom stereocenters. The Kier molecular flexibility index (Phi) is 5.46.